The summed E-state index contributed by atoms with van der Waals surface area (Å²) >= 11 is 0. The molecule has 10 heavy (non-hydrogen) atoms. The molecule has 1 N–H and O–H groups in total. The number of hydrogen-bond donors (Lipinski definition) is 1. The molecule has 0 amide bonds. The molecule has 2 rings (SSSR count). The number of H-pyrrole nitrogens is 1. The molecule has 5 nitrogen and oxygen atoms in total. The first-order valence-corrected chi connectivity index (χ1v) is 2.72. The highest BCUT2D eigenvalue weighted by molar-refractivity contribution is 5.68. The number of aryl methyl sites for hydroxylation is 1. The number of hydrogen-bond acceptors (Lipinski definition) is 4. The van der Waals surface area contributed by atoms with Gasteiger partial charge in [-0.1, -0.05) is 0 Å². The zero-order valence-corrected chi connectivity index (χ0v) is 5.17. The van der Waals surface area contributed by atoms with Crippen molar-refractivity contribution in [2.24, 2.45) is 0 Å². The molecule has 2 aromatic heterocycles. The van der Waals surface area contributed by atoms with E-state index in [2.05, 4.69) is 14.6 Å². The fraction of sp³-hybridized carbons (Fsp3) is 0.200. The SMILES string of the molecule is Cc1onc2oc(=O)[nH]c12. The van der Waals surface area contributed by atoms with E-state index >= 15 is 0 Å². The Balaban J connectivity index is 3.03. The van der Waals surface area contributed by atoms with E-state index in [1.165, 1.54) is 0 Å². The summed E-state index contributed by atoms with van der Waals surface area (Å²) in [5, 5.41) is 3.47. The molecule has 0 saturated heterocycles. The average Bonchev–Trinajstić information content (AvgIpc) is 2.35. The van der Waals surface area contributed by atoms with Gasteiger partial charge in [-0.3, -0.25) is 4.98 Å². The summed E-state index contributed by atoms with van der Waals surface area (Å²) in [6, 6.07) is 0. The summed E-state index contributed by atoms with van der Waals surface area (Å²) in [7, 11) is 0. The average molecular weight is 140 g/mol. The number of nitrogens with zero attached hydrogens (tertiary/aromatic N) is 1. The summed E-state index contributed by atoms with van der Waals surface area (Å²) in [5.41, 5.74) is 0.757. The van der Waals surface area contributed by atoms with Crippen molar-refractivity contribution >= 4 is 11.2 Å². The molecule has 2 aromatic rings. The van der Waals surface area contributed by atoms with Crippen molar-refractivity contribution in [2.75, 3.05) is 0 Å². The van der Waals surface area contributed by atoms with E-state index in [1.807, 2.05) is 0 Å². The lowest BCUT2D eigenvalue weighted by molar-refractivity contribution is 0.384. The molecule has 0 aliphatic heterocycles. The third-order valence-corrected chi connectivity index (χ3v) is 1.25. The van der Waals surface area contributed by atoms with Crippen molar-refractivity contribution in [3.63, 3.8) is 0 Å². The van der Waals surface area contributed by atoms with E-state index in [9.17, 15) is 4.79 Å². The van der Waals surface area contributed by atoms with Gasteiger partial charge in [-0.25, -0.2) is 4.79 Å². The molecule has 2 heterocycles. The van der Waals surface area contributed by atoms with Crippen LogP contribution in [0.1, 0.15) is 5.76 Å². The fourth-order valence-electron chi connectivity index (χ4n) is 0.778. The minimum atomic E-state index is -0.503. The molecule has 0 bridgehead atoms. The molecular formula is C5H4N2O3. The van der Waals surface area contributed by atoms with Crippen molar-refractivity contribution < 1.29 is 8.94 Å². The van der Waals surface area contributed by atoms with Crippen molar-refractivity contribution in [1.82, 2.24) is 10.1 Å². The van der Waals surface area contributed by atoms with Crippen LogP contribution in [0, 0.1) is 6.92 Å². The Morgan fingerprint density at radius 1 is 1.60 bits per heavy atom. The van der Waals surface area contributed by atoms with Crippen LogP contribution >= 0.6 is 0 Å². The third-order valence-electron chi connectivity index (χ3n) is 1.25. The normalized spacial score (nSPS) is 10.9. The molecule has 52 valence electrons. The first-order valence-electron chi connectivity index (χ1n) is 2.72. The third kappa shape index (κ3) is 0.513. The molecule has 0 saturated carbocycles. The molecule has 0 radical (unpaired) electrons. The highest BCUT2D eigenvalue weighted by atomic mass is 16.5. The smallest absolute Gasteiger partial charge is 0.385 e. The first-order chi connectivity index (χ1) is 4.77. The summed E-state index contributed by atoms with van der Waals surface area (Å²) in [5.74, 6) is 0.0530. The maximum absolute atomic E-state index is 10.5. The lowest BCUT2D eigenvalue weighted by atomic mass is 10.5. The second-order valence-corrected chi connectivity index (χ2v) is 1.93. The number of fused-ring (bicyclic) bond motifs is 1. The van der Waals surface area contributed by atoms with E-state index in [0.717, 1.165) is 0 Å². The standard InChI is InChI=1S/C5H4N2O3/c1-2-3-4(7-10-2)9-5(8)6-3/h1H3,(H,6,8). The Morgan fingerprint density at radius 3 is 3.10 bits per heavy atom. The maximum atomic E-state index is 10.5. The van der Waals surface area contributed by atoms with Gasteiger partial charge in [0.1, 0.15) is 0 Å². The maximum Gasteiger partial charge on any atom is 0.418 e. The van der Waals surface area contributed by atoms with Gasteiger partial charge < -0.3 is 8.94 Å². The summed E-state index contributed by atoms with van der Waals surface area (Å²) in [6.45, 7) is 1.70. The summed E-state index contributed by atoms with van der Waals surface area (Å²) < 4.78 is 9.27. The van der Waals surface area contributed by atoms with Gasteiger partial charge in [0.25, 0.3) is 5.71 Å². The Morgan fingerprint density at radius 2 is 2.40 bits per heavy atom. The van der Waals surface area contributed by atoms with Gasteiger partial charge >= 0.3 is 5.76 Å². The minimum absolute atomic E-state index is 0.225. The van der Waals surface area contributed by atoms with E-state index < -0.39 is 5.76 Å². The number of aromatic nitrogens is 2. The van der Waals surface area contributed by atoms with Crippen LogP contribution in [-0.2, 0) is 0 Å². The quantitative estimate of drug-likeness (QED) is 0.575. The lowest BCUT2D eigenvalue weighted by Gasteiger charge is -1.71. The van der Waals surface area contributed by atoms with Gasteiger partial charge in [0.15, 0.2) is 11.3 Å². The Hall–Kier alpha value is -1.52. The van der Waals surface area contributed by atoms with E-state index in [4.69, 9.17) is 4.52 Å². The minimum Gasteiger partial charge on any atom is -0.385 e. The van der Waals surface area contributed by atoms with Gasteiger partial charge in [-0.15, -0.1) is 0 Å². The Kier molecular flexibility index (Phi) is 0.791. The van der Waals surface area contributed by atoms with E-state index in [1.54, 1.807) is 6.92 Å². The highest BCUT2D eigenvalue weighted by Crippen LogP contribution is 2.11. The van der Waals surface area contributed by atoms with Crippen molar-refractivity contribution in [1.29, 1.82) is 0 Å². The van der Waals surface area contributed by atoms with Gasteiger partial charge in [-0.05, 0) is 12.1 Å². The number of nitrogens with one attached hydrogen (secondary N) is 1. The van der Waals surface area contributed by atoms with Gasteiger partial charge in [0, 0.05) is 0 Å². The molecule has 0 aliphatic rings. The molecule has 5 heteroatoms. The predicted molar refractivity (Wildman–Crippen MR) is 31.6 cm³/mol. The van der Waals surface area contributed by atoms with Gasteiger partial charge in [0.05, 0.1) is 0 Å². The largest absolute Gasteiger partial charge is 0.418 e. The first kappa shape index (κ1) is 5.28. The predicted octanol–water partition coefficient (Wildman–Crippen LogP) is 0.418. The zero-order valence-electron chi connectivity index (χ0n) is 5.17. The van der Waals surface area contributed by atoms with Crippen LogP contribution in [0.4, 0.5) is 0 Å². The van der Waals surface area contributed by atoms with Crippen LogP contribution < -0.4 is 5.76 Å². The Labute approximate surface area is 54.6 Å². The molecule has 0 aliphatic carbocycles. The van der Waals surface area contributed by atoms with Crippen LogP contribution in [0.2, 0.25) is 0 Å². The van der Waals surface area contributed by atoms with Crippen molar-refractivity contribution in [3.8, 4) is 0 Å². The van der Waals surface area contributed by atoms with E-state index in [0.29, 0.717) is 11.3 Å². The summed E-state index contributed by atoms with van der Waals surface area (Å²) in [6.07, 6.45) is 0. The number of rotatable bonds is 0. The van der Waals surface area contributed by atoms with Gasteiger partial charge in [-0.2, -0.15) is 0 Å². The van der Waals surface area contributed by atoms with Crippen LogP contribution in [0.5, 0.6) is 0 Å². The van der Waals surface area contributed by atoms with Crippen LogP contribution in [-0.4, -0.2) is 10.1 Å². The lowest BCUT2D eigenvalue weighted by Crippen LogP contribution is -1.93. The fourth-order valence-corrected chi connectivity index (χ4v) is 0.778. The number of oxazole rings is 1. The van der Waals surface area contributed by atoms with Crippen LogP contribution in [0.3, 0.4) is 0 Å². The second-order valence-electron chi connectivity index (χ2n) is 1.93. The zero-order chi connectivity index (χ0) is 7.14. The second kappa shape index (κ2) is 1.50. The monoisotopic (exact) mass is 140 g/mol. The molecule has 0 aromatic carbocycles. The van der Waals surface area contributed by atoms with Crippen molar-refractivity contribution in [3.05, 3.63) is 16.3 Å². The number of aromatic amines is 1. The summed E-state index contributed by atoms with van der Waals surface area (Å²) in [4.78, 5) is 12.9. The Bertz CT molecular complexity index is 408. The van der Waals surface area contributed by atoms with Gasteiger partial charge in [0.2, 0.25) is 0 Å². The van der Waals surface area contributed by atoms with Crippen LogP contribution in [0.15, 0.2) is 13.7 Å². The van der Waals surface area contributed by atoms with E-state index in [-0.39, 0.29) is 5.71 Å². The molecule has 0 spiro atoms. The molecular weight excluding hydrogens is 136 g/mol. The van der Waals surface area contributed by atoms with Crippen LogP contribution in [0.25, 0.3) is 11.2 Å². The van der Waals surface area contributed by atoms with Crippen molar-refractivity contribution in [2.45, 2.75) is 6.92 Å². The highest BCUT2D eigenvalue weighted by Gasteiger charge is 2.07. The molecule has 0 unspecified atom stereocenters. The molecule has 0 fully saturated rings. The topological polar surface area (TPSA) is 72.0 Å². The molecule has 0 atom stereocenters.